The van der Waals surface area contributed by atoms with Crippen LogP contribution in [0.4, 0.5) is 5.69 Å². The summed E-state index contributed by atoms with van der Waals surface area (Å²) in [7, 11) is 2.01. The number of hydrogen-bond acceptors (Lipinski definition) is 3. The summed E-state index contributed by atoms with van der Waals surface area (Å²) >= 11 is 0. The number of hydrogen-bond donors (Lipinski definition) is 2. The lowest BCUT2D eigenvalue weighted by atomic mass is 9.90. The van der Waals surface area contributed by atoms with Crippen molar-refractivity contribution in [3.05, 3.63) is 29.8 Å². The van der Waals surface area contributed by atoms with Crippen molar-refractivity contribution >= 4 is 11.6 Å². The first kappa shape index (κ1) is 15.0. The average Bonchev–Trinajstić information content (AvgIpc) is 2.44. The number of benzene rings is 1. The van der Waals surface area contributed by atoms with Gasteiger partial charge in [0, 0.05) is 24.3 Å². The van der Waals surface area contributed by atoms with Gasteiger partial charge in [0.1, 0.15) is 0 Å². The standard InChI is InChI=1S/C16H25N3O/c1-13-6-4-5-7-14(13)18-15(20)12-19-10-8-16(2,17-3)9-11-19/h4-7,17H,8-12H2,1-3H3,(H,18,20). The van der Waals surface area contributed by atoms with Gasteiger partial charge in [-0.15, -0.1) is 0 Å². The fourth-order valence-electron chi connectivity index (χ4n) is 2.56. The smallest absolute Gasteiger partial charge is 0.238 e. The van der Waals surface area contributed by atoms with Crippen molar-refractivity contribution in [1.82, 2.24) is 10.2 Å². The third-order valence-corrected chi connectivity index (χ3v) is 4.35. The molecule has 1 aliphatic heterocycles. The third kappa shape index (κ3) is 3.81. The molecule has 2 N–H and O–H groups in total. The van der Waals surface area contributed by atoms with Crippen LogP contribution in [0.25, 0.3) is 0 Å². The molecule has 0 aliphatic carbocycles. The number of carbonyl (C=O) groups is 1. The highest BCUT2D eigenvalue weighted by Crippen LogP contribution is 2.21. The summed E-state index contributed by atoms with van der Waals surface area (Å²) in [5.41, 5.74) is 2.24. The van der Waals surface area contributed by atoms with Gasteiger partial charge < -0.3 is 10.6 Å². The van der Waals surface area contributed by atoms with Gasteiger partial charge in [-0.1, -0.05) is 18.2 Å². The second kappa shape index (κ2) is 6.37. The molecule has 2 rings (SSSR count). The Kier molecular flexibility index (Phi) is 4.78. The first-order valence-corrected chi connectivity index (χ1v) is 7.29. The zero-order chi connectivity index (χ0) is 14.6. The molecule has 0 atom stereocenters. The van der Waals surface area contributed by atoms with Gasteiger partial charge in [0.2, 0.25) is 5.91 Å². The van der Waals surface area contributed by atoms with Gasteiger partial charge >= 0.3 is 0 Å². The van der Waals surface area contributed by atoms with E-state index in [1.165, 1.54) is 0 Å². The van der Waals surface area contributed by atoms with Crippen LogP contribution in [0.1, 0.15) is 25.3 Å². The molecule has 4 heteroatoms. The summed E-state index contributed by atoms with van der Waals surface area (Å²) in [5, 5.41) is 6.37. The maximum Gasteiger partial charge on any atom is 0.238 e. The molecule has 110 valence electrons. The van der Waals surface area contributed by atoms with Gasteiger partial charge in [-0.2, -0.15) is 0 Å². The Morgan fingerprint density at radius 2 is 1.95 bits per heavy atom. The lowest BCUT2D eigenvalue weighted by Gasteiger charge is -2.39. The van der Waals surface area contributed by atoms with Crippen LogP contribution in [0.15, 0.2) is 24.3 Å². The molecule has 20 heavy (non-hydrogen) atoms. The normalized spacial score (nSPS) is 18.8. The minimum absolute atomic E-state index is 0.0763. The number of carbonyl (C=O) groups excluding carboxylic acids is 1. The van der Waals surface area contributed by atoms with E-state index in [2.05, 4.69) is 22.5 Å². The lowest BCUT2D eigenvalue weighted by Crippen LogP contribution is -2.51. The zero-order valence-corrected chi connectivity index (χ0v) is 12.7. The van der Waals surface area contributed by atoms with Crippen LogP contribution in [0.5, 0.6) is 0 Å². The van der Waals surface area contributed by atoms with Crippen LogP contribution in [0.2, 0.25) is 0 Å². The van der Waals surface area contributed by atoms with Crippen molar-refractivity contribution in [2.75, 3.05) is 32.0 Å². The number of likely N-dealkylation sites (tertiary alicyclic amines) is 1. The molecule has 1 aliphatic rings. The Balaban J connectivity index is 1.83. The van der Waals surface area contributed by atoms with Crippen LogP contribution < -0.4 is 10.6 Å². The van der Waals surface area contributed by atoms with Crippen LogP contribution in [0.3, 0.4) is 0 Å². The van der Waals surface area contributed by atoms with Gasteiger partial charge in [0.05, 0.1) is 6.54 Å². The largest absolute Gasteiger partial charge is 0.325 e. The Morgan fingerprint density at radius 3 is 2.55 bits per heavy atom. The average molecular weight is 275 g/mol. The fraction of sp³-hybridized carbons (Fsp3) is 0.562. The highest BCUT2D eigenvalue weighted by molar-refractivity contribution is 5.92. The summed E-state index contributed by atoms with van der Waals surface area (Å²) in [6, 6.07) is 7.88. The molecule has 0 aromatic heterocycles. The minimum Gasteiger partial charge on any atom is -0.325 e. The summed E-state index contributed by atoms with van der Waals surface area (Å²) in [6.45, 7) is 6.68. The number of piperidine rings is 1. The van der Waals surface area contributed by atoms with E-state index in [4.69, 9.17) is 0 Å². The number of rotatable bonds is 4. The van der Waals surface area contributed by atoms with Crippen LogP contribution in [0, 0.1) is 6.92 Å². The van der Waals surface area contributed by atoms with E-state index in [1.807, 2.05) is 38.2 Å². The molecule has 1 amide bonds. The second-order valence-corrected chi connectivity index (χ2v) is 5.95. The Bertz CT molecular complexity index is 465. The van der Waals surface area contributed by atoms with Crippen molar-refractivity contribution < 1.29 is 4.79 Å². The molecular formula is C16H25N3O. The van der Waals surface area contributed by atoms with E-state index in [9.17, 15) is 4.79 Å². The number of para-hydroxylation sites is 1. The molecule has 0 bridgehead atoms. The van der Waals surface area contributed by atoms with Crippen molar-refractivity contribution in [2.24, 2.45) is 0 Å². The fourth-order valence-corrected chi connectivity index (χ4v) is 2.56. The Morgan fingerprint density at radius 1 is 1.30 bits per heavy atom. The maximum absolute atomic E-state index is 12.1. The van der Waals surface area contributed by atoms with Gasteiger partial charge in [-0.25, -0.2) is 0 Å². The molecule has 1 heterocycles. The van der Waals surface area contributed by atoms with E-state index in [0.29, 0.717) is 6.54 Å². The van der Waals surface area contributed by atoms with Gasteiger partial charge in [0.15, 0.2) is 0 Å². The second-order valence-electron chi connectivity index (χ2n) is 5.95. The van der Waals surface area contributed by atoms with Crippen LogP contribution in [-0.2, 0) is 4.79 Å². The summed E-state index contributed by atoms with van der Waals surface area (Å²) in [4.78, 5) is 14.3. The first-order chi connectivity index (χ1) is 9.52. The summed E-state index contributed by atoms with van der Waals surface area (Å²) in [5.74, 6) is 0.0763. The number of aryl methyl sites for hydroxylation is 1. The van der Waals surface area contributed by atoms with Crippen molar-refractivity contribution in [3.63, 3.8) is 0 Å². The van der Waals surface area contributed by atoms with Gasteiger partial charge in [-0.3, -0.25) is 9.69 Å². The molecular weight excluding hydrogens is 250 g/mol. The molecule has 1 aromatic rings. The number of nitrogens with one attached hydrogen (secondary N) is 2. The van der Waals surface area contributed by atoms with Crippen molar-refractivity contribution in [1.29, 1.82) is 0 Å². The van der Waals surface area contributed by atoms with E-state index < -0.39 is 0 Å². The third-order valence-electron chi connectivity index (χ3n) is 4.35. The van der Waals surface area contributed by atoms with E-state index in [1.54, 1.807) is 0 Å². The zero-order valence-electron chi connectivity index (χ0n) is 12.7. The van der Waals surface area contributed by atoms with Crippen molar-refractivity contribution in [3.8, 4) is 0 Å². The SMILES string of the molecule is CNC1(C)CCN(CC(=O)Nc2ccccc2C)CC1. The molecule has 0 spiro atoms. The molecule has 0 radical (unpaired) electrons. The predicted octanol–water partition coefficient (Wildman–Crippen LogP) is 2.01. The van der Waals surface area contributed by atoms with E-state index >= 15 is 0 Å². The minimum atomic E-state index is 0.0763. The van der Waals surface area contributed by atoms with Gasteiger partial charge in [0.25, 0.3) is 0 Å². The predicted molar refractivity (Wildman–Crippen MR) is 82.9 cm³/mol. The molecule has 1 aromatic carbocycles. The van der Waals surface area contributed by atoms with Crippen molar-refractivity contribution in [2.45, 2.75) is 32.2 Å². The molecule has 0 unspecified atom stereocenters. The highest BCUT2D eigenvalue weighted by atomic mass is 16.2. The Labute approximate surface area is 121 Å². The summed E-state index contributed by atoms with van der Waals surface area (Å²) < 4.78 is 0. The van der Waals surface area contributed by atoms with E-state index in [0.717, 1.165) is 37.2 Å². The molecule has 1 saturated heterocycles. The number of anilines is 1. The monoisotopic (exact) mass is 275 g/mol. The van der Waals surface area contributed by atoms with E-state index in [-0.39, 0.29) is 11.4 Å². The molecule has 4 nitrogen and oxygen atoms in total. The highest BCUT2D eigenvalue weighted by Gasteiger charge is 2.28. The number of amides is 1. The summed E-state index contributed by atoms with van der Waals surface area (Å²) in [6.07, 6.45) is 2.17. The lowest BCUT2D eigenvalue weighted by molar-refractivity contribution is -0.117. The topological polar surface area (TPSA) is 44.4 Å². The van der Waals surface area contributed by atoms with Gasteiger partial charge in [-0.05, 0) is 45.4 Å². The number of nitrogens with zero attached hydrogens (tertiary/aromatic N) is 1. The quantitative estimate of drug-likeness (QED) is 0.883. The molecule has 0 saturated carbocycles. The van der Waals surface area contributed by atoms with Crippen LogP contribution in [-0.4, -0.2) is 43.0 Å². The Hall–Kier alpha value is -1.39. The molecule has 1 fully saturated rings. The van der Waals surface area contributed by atoms with Crippen LogP contribution >= 0.6 is 0 Å². The first-order valence-electron chi connectivity index (χ1n) is 7.29. The maximum atomic E-state index is 12.1.